The molecule has 1 aliphatic carbocycles. The highest BCUT2D eigenvalue weighted by Crippen LogP contribution is 2.13. The number of ketones is 1. The second-order valence-corrected chi connectivity index (χ2v) is 4.72. The molecule has 1 aromatic carbocycles. The van der Waals surface area contributed by atoms with Gasteiger partial charge in [0.25, 0.3) is 0 Å². The van der Waals surface area contributed by atoms with Gasteiger partial charge in [0.1, 0.15) is 0 Å². The number of nitrogens with one attached hydrogen (secondary N) is 2. The molecule has 0 fully saturated rings. The van der Waals surface area contributed by atoms with Crippen molar-refractivity contribution in [1.29, 1.82) is 0 Å². The number of benzene rings is 1. The van der Waals surface area contributed by atoms with Gasteiger partial charge in [-0.25, -0.2) is 4.79 Å². The number of carbonyl (C=O) groups excluding carboxylic acids is 2. The van der Waals surface area contributed by atoms with Gasteiger partial charge in [0, 0.05) is 17.3 Å². The van der Waals surface area contributed by atoms with Crippen molar-refractivity contribution in [3.8, 4) is 0 Å². The van der Waals surface area contributed by atoms with Crippen LogP contribution < -0.4 is 10.6 Å². The van der Waals surface area contributed by atoms with Crippen LogP contribution in [0.15, 0.2) is 36.4 Å². The second kappa shape index (κ2) is 6.18. The molecule has 0 aromatic heterocycles. The average molecular weight is 258 g/mol. The smallest absolute Gasteiger partial charge is 0.319 e. The molecule has 19 heavy (non-hydrogen) atoms. The number of rotatable bonds is 3. The Bertz CT molecular complexity index is 509. The van der Waals surface area contributed by atoms with E-state index in [9.17, 15) is 9.59 Å². The van der Waals surface area contributed by atoms with E-state index in [1.54, 1.807) is 24.3 Å². The van der Waals surface area contributed by atoms with E-state index in [1.807, 2.05) is 0 Å². The largest absolute Gasteiger partial charge is 0.335 e. The Balaban J connectivity index is 1.93. The van der Waals surface area contributed by atoms with E-state index in [1.165, 1.54) is 6.92 Å². The zero-order valence-electron chi connectivity index (χ0n) is 11.0. The SMILES string of the molecule is CC(=O)c1cccc(NC(=O)NC2CC=CCC2)c1. The van der Waals surface area contributed by atoms with E-state index in [2.05, 4.69) is 22.8 Å². The maximum atomic E-state index is 11.8. The summed E-state index contributed by atoms with van der Waals surface area (Å²) in [6, 6.07) is 6.92. The Labute approximate surface area is 112 Å². The lowest BCUT2D eigenvalue weighted by Gasteiger charge is -2.19. The molecule has 0 spiro atoms. The van der Waals surface area contributed by atoms with E-state index < -0.39 is 0 Å². The number of anilines is 1. The number of hydrogen-bond donors (Lipinski definition) is 2. The number of allylic oxidation sites excluding steroid dienone is 1. The third kappa shape index (κ3) is 3.95. The molecule has 2 rings (SSSR count). The standard InChI is InChI=1S/C15H18N2O2/c1-11(18)12-6-5-9-14(10-12)17-15(19)16-13-7-3-2-4-8-13/h2-3,5-6,9-10,13H,4,7-8H2,1H3,(H2,16,17,19). The molecule has 100 valence electrons. The highest BCUT2D eigenvalue weighted by molar-refractivity contribution is 5.96. The van der Waals surface area contributed by atoms with Crippen molar-refractivity contribution >= 4 is 17.5 Å². The molecule has 1 atom stereocenters. The van der Waals surface area contributed by atoms with Gasteiger partial charge < -0.3 is 10.6 Å². The molecule has 0 bridgehead atoms. The normalized spacial score (nSPS) is 17.8. The van der Waals surface area contributed by atoms with Gasteiger partial charge in [0.05, 0.1) is 0 Å². The predicted molar refractivity (Wildman–Crippen MR) is 75.4 cm³/mol. The van der Waals surface area contributed by atoms with Gasteiger partial charge in [-0.05, 0) is 38.3 Å². The fourth-order valence-corrected chi connectivity index (χ4v) is 2.09. The van der Waals surface area contributed by atoms with Gasteiger partial charge >= 0.3 is 6.03 Å². The van der Waals surface area contributed by atoms with Crippen LogP contribution in [-0.4, -0.2) is 17.9 Å². The average Bonchev–Trinajstić information content (AvgIpc) is 2.40. The number of amides is 2. The van der Waals surface area contributed by atoms with E-state index in [4.69, 9.17) is 0 Å². The molecular formula is C15H18N2O2. The number of hydrogen-bond acceptors (Lipinski definition) is 2. The van der Waals surface area contributed by atoms with Crippen molar-refractivity contribution in [3.63, 3.8) is 0 Å². The molecule has 0 saturated heterocycles. The van der Waals surface area contributed by atoms with Crippen LogP contribution in [0.2, 0.25) is 0 Å². The molecule has 4 nitrogen and oxygen atoms in total. The van der Waals surface area contributed by atoms with Crippen LogP contribution in [0.25, 0.3) is 0 Å². The minimum absolute atomic E-state index is 0.0125. The first-order valence-corrected chi connectivity index (χ1v) is 6.48. The number of carbonyl (C=O) groups is 2. The fraction of sp³-hybridized carbons (Fsp3) is 0.333. The van der Waals surface area contributed by atoms with Crippen LogP contribution in [0.3, 0.4) is 0 Å². The summed E-state index contributed by atoms with van der Waals surface area (Å²) >= 11 is 0. The summed E-state index contributed by atoms with van der Waals surface area (Å²) < 4.78 is 0. The third-order valence-corrected chi connectivity index (χ3v) is 3.13. The Morgan fingerprint density at radius 2 is 2.11 bits per heavy atom. The van der Waals surface area contributed by atoms with Gasteiger partial charge in [-0.1, -0.05) is 24.3 Å². The lowest BCUT2D eigenvalue weighted by molar-refractivity contribution is 0.101. The maximum Gasteiger partial charge on any atom is 0.319 e. The van der Waals surface area contributed by atoms with Crippen molar-refractivity contribution in [2.75, 3.05) is 5.32 Å². The van der Waals surface area contributed by atoms with Crippen molar-refractivity contribution in [2.45, 2.75) is 32.2 Å². The predicted octanol–water partition coefficient (Wildman–Crippen LogP) is 3.12. The van der Waals surface area contributed by atoms with Crippen molar-refractivity contribution < 1.29 is 9.59 Å². The topological polar surface area (TPSA) is 58.2 Å². The quantitative estimate of drug-likeness (QED) is 0.646. The van der Waals surface area contributed by atoms with Crippen LogP contribution >= 0.6 is 0 Å². The van der Waals surface area contributed by atoms with Gasteiger partial charge in [0.15, 0.2) is 5.78 Å². The summed E-state index contributed by atoms with van der Waals surface area (Å²) in [5, 5.41) is 5.69. The lowest BCUT2D eigenvalue weighted by atomic mass is 10.0. The lowest BCUT2D eigenvalue weighted by Crippen LogP contribution is -2.38. The van der Waals surface area contributed by atoms with E-state index >= 15 is 0 Å². The summed E-state index contributed by atoms with van der Waals surface area (Å²) in [4.78, 5) is 23.1. The van der Waals surface area contributed by atoms with E-state index in [-0.39, 0.29) is 17.9 Å². The molecule has 0 heterocycles. The summed E-state index contributed by atoms with van der Waals surface area (Å²) in [5.74, 6) is -0.0125. The van der Waals surface area contributed by atoms with Gasteiger partial charge in [-0.3, -0.25) is 4.79 Å². The molecule has 0 saturated carbocycles. The van der Waals surface area contributed by atoms with Crippen LogP contribution in [0.5, 0.6) is 0 Å². The van der Waals surface area contributed by atoms with E-state index in [0.29, 0.717) is 11.3 Å². The minimum atomic E-state index is -0.221. The first-order chi connectivity index (χ1) is 9.15. The van der Waals surface area contributed by atoms with E-state index in [0.717, 1.165) is 19.3 Å². The third-order valence-electron chi connectivity index (χ3n) is 3.13. The summed E-state index contributed by atoms with van der Waals surface area (Å²) in [6.45, 7) is 1.51. The maximum absolute atomic E-state index is 11.8. The Morgan fingerprint density at radius 3 is 2.79 bits per heavy atom. The Morgan fingerprint density at radius 1 is 1.26 bits per heavy atom. The summed E-state index contributed by atoms with van der Waals surface area (Å²) in [5.41, 5.74) is 1.23. The molecule has 4 heteroatoms. The molecule has 2 amide bonds. The van der Waals surface area contributed by atoms with Gasteiger partial charge in [-0.2, -0.15) is 0 Å². The Hall–Kier alpha value is -2.10. The monoisotopic (exact) mass is 258 g/mol. The van der Waals surface area contributed by atoms with Crippen LogP contribution in [0.1, 0.15) is 36.5 Å². The van der Waals surface area contributed by atoms with Crippen LogP contribution in [0.4, 0.5) is 10.5 Å². The van der Waals surface area contributed by atoms with Gasteiger partial charge in [-0.15, -0.1) is 0 Å². The highest BCUT2D eigenvalue weighted by atomic mass is 16.2. The minimum Gasteiger partial charge on any atom is -0.335 e. The van der Waals surface area contributed by atoms with Crippen molar-refractivity contribution in [2.24, 2.45) is 0 Å². The van der Waals surface area contributed by atoms with Crippen molar-refractivity contribution in [3.05, 3.63) is 42.0 Å². The first-order valence-electron chi connectivity index (χ1n) is 6.48. The second-order valence-electron chi connectivity index (χ2n) is 4.72. The highest BCUT2D eigenvalue weighted by Gasteiger charge is 2.12. The fourth-order valence-electron chi connectivity index (χ4n) is 2.09. The molecule has 0 radical (unpaired) electrons. The summed E-state index contributed by atoms with van der Waals surface area (Å²) in [6.07, 6.45) is 7.07. The van der Waals surface area contributed by atoms with Crippen molar-refractivity contribution in [1.82, 2.24) is 5.32 Å². The van der Waals surface area contributed by atoms with Crippen LogP contribution in [0, 0.1) is 0 Å². The van der Waals surface area contributed by atoms with Gasteiger partial charge in [0.2, 0.25) is 0 Å². The van der Waals surface area contributed by atoms with Crippen LogP contribution in [-0.2, 0) is 0 Å². The molecule has 0 aliphatic heterocycles. The molecule has 1 aliphatic rings. The summed E-state index contributed by atoms with van der Waals surface area (Å²) in [7, 11) is 0. The zero-order valence-corrected chi connectivity index (χ0v) is 11.0. The molecule has 1 aromatic rings. The number of urea groups is 1. The Kier molecular flexibility index (Phi) is 4.34. The molecule has 2 N–H and O–H groups in total. The first kappa shape index (κ1) is 13.3. The zero-order chi connectivity index (χ0) is 13.7. The number of Topliss-reactive ketones (excluding diaryl/α,β-unsaturated/α-hetero) is 1. The molecular weight excluding hydrogens is 240 g/mol. The molecule has 1 unspecified atom stereocenters.